The van der Waals surface area contributed by atoms with Crippen LogP contribution >= 0.6 is 27.7 Å². The second kappa shape index (κ2) is 8.63. The maximum atomic E-state index is 13.0. The van der Waals surface area contributed by atoms with Crippen molar-refractivity contribution >= 4 is 44.8 Å². The molecule has 1 saturated heterocycles. The SMILES string of the molecule is O=C1/C(=C/c2ccc(Br)o2)SC(=NCc2ccccc2)N1Cc1ccccc1. The summed E-state index contributed by atoms with van der Waals surface area (Å²) in [6.07, 6.45) is 1.76. The van der Waals surface area contributed by atoms with Crippen molar-refractivity contribution in [3.8, 4) is 0 Å². The quantitative estimate of drug-likeness (QED) is 0.465. The van der Waals surface area contributed by atoms with Crippen molar-refractivity contribution in [3.63, 3.8) is 0 Å². The normalized spacial score (nSPS) is 17.0. The standard InChI is InChI=1S/C22H17BrN2O2S/c23-20-12-11-18(27-20)13-19-21(26)25(15-17-9-5-2-6-10-17)22(28-19)24-14-16-7-3-1-4-8-16/h1-13H,14-15H2/b19-13-,24-22?. The van der Waals surface area contributed by atoms with E-state index in [4.69, 9.17) is 9.41 Å². The molecule has 1 aliphatic heterocycles. The molecule has 3 aromatic rings. The van der Waals surface area contributed by atoms with Crippen molar-refractivity contribution in [1.29, 1.82) is 0 Å². The Balaban J connectivity index is 1.62. The maximum Gasteiger partial charge on any atom is 0.267 e. The van der Waals surface area contributed by atoms with Crippen LogP contribution in [0.15, 0.2) is 91.8 Å². The molecule has 28 heavy (non-hydrogen) atoms. The summed E-state index contributed by atoms with van der Waals surface area (Å²) >= 11 is 4.68. The zero-order chi connectivity index (χ0) is 19.3. The fourth-order valence-electron chi connectivity index (χ4n) is 2.81. The van der Waals surface area contributed by atoms with Crippen molar-refractivity contribution in [2.24, 2.45) is 4.99 Å². The van der Waals surface area contributed by atoms with E-state index in [2.05, 4.69) is 15.9 Å². The number of furan rings is 1. The van der Waals surface area contributed by atoms with Crippen LogP contribution in [0.1, 0.15) is 16.9 Å². The van der Waals surface area contributed by atoms with Crippen molar-refractivity contribution in [2.45, 2.75) is 13.1 Å². The lowest BCUT2D eigenvalue weighted by Crippen LogP contribution is -2.28. The summed E-state index contributed by atoms with van der Waals surface area (Å²) in [6, 6.07) is 23.6. The fourth-order valence-corrected chi connectivity index (χ4v) is 4.08. The molecular weight excluding hydrogens is 436 g/mol. The highest BCUT2D eigenvalue weighted by Gasteiger charge is 2.33. The third kappa shape index (κ3) is 4.46. The third-order valence-electron chi connectivity index (χ3n) is 4.18. The molecule has 0 aliphatic carbocycles. The van der Waals surface area contributed by atoms with Gasteiger partial charge in [0.15, 0.2) is 9.84 Å². The molecule has 0 saturated carbocycles. The molecule has 0 bridgehead atoms. The van der Waals surface area contributed by atoms with E-state index in [-0.39, 0.29) is 5.91 Å². The van der Waals surface area contributed by atoms with E-state index in [9.17, 15) is 4.79 Å². The first-order chi connectivity index (χ1) is 13.7. The van der Waals surface area contributed by atoms with Crippen molar-refractivity contribution in [2.75, 3.05) is 0 Å². The van der Waals surface area contributed by atoms with Crippen molar-refractivity contribution < 1.29 is 9.21 Å². The predicted molar refractivity (Wildman–Crippen MR) is 117 cm³/mol. The van der Waals surface area contributed by atoms with Crippen LogP contribution in [0.5, 0.6) is 0 Å². The maximum absolute atomic E-state index is 13.0. The summed E-state index contributed by atoms with van der Waals surface area (Å²) in [4.78, 5) is 20.1. The van der Waals surface area contributed by atoms with Gasteiger partial charge in [-0.05, 0) is 51.0 Å². The zero-order valence-electron chi connectivity index (χ0n) is 14.9. The number of carbonyl (C=O) groups is 1. The zero-order valence-corrected chi connectivity index (χ0v) is 17.3. The Morgan fingerprint density at radius 1 is 0.964 bits per heavy atom. The van der Waals surface area contributed by atoms with Gasteiger partial charge >= 0.3 is 0 Å². The molecule has 0 N–H and O–H groups in total. The molecule has 0 atom stereocenters. The first-order valence-corrected chi connectivity index (χ1v) is 10.4. The van der Waals surface area contributed by atoms with Crippen LogP contribution < -0.4 is 0 Å². The third-order valence-corrected chi connectivity index (χ3v) is 5.65. The number of aliphatic imine (C=N–C) groups is 1. The van der Waals surface area contributed by atoms with E-state index in [0.717, 1.165) is 11.1 Å². The lowest BCUT2D eigenvalue weighted by molar-refractivity contribution is -0.122. The summed E-state index contributed by atoms with van der Waals surface area (Å²) in [5.41, 5.74) is 2.17. The van der Waals surface area contributed by atoms with Gasteiger partial charge in [-0.15, -0.1) is 0 Å². The summed E-state index contributed by atoms with van der Waals surface area (Å²) in [6.45, 7) is 1.01. The number of carbonyl (C=O) groups excluding carboxylic acids is 1. The molecule has 4 nitrogen and oxygen atoms in total. The first-order valence-electron chi connectivity index (χ1n) is 8.78. The topological polar surface area (TPSA) is 45.8 Å². The molecule has 1 aliphatic rings. The predicted octanol–water partition coefficient (Wildman–Crippen LogP) is 5.71. The summed E-state index contributed by atoms with van der Waals surface area (Å²) in [5.74, 6) is 0.569. The van der Waals surface area contributed by atoms with Gasteiger partial charge in [0.05, 0.1) is 18.0 Å². The number of rotatable bonds is 5. The highest BCUT2D eigenvalue weighted by molar-refractivity contribution is 9.10. The van der Waals surface area contributed by atoms with Gasteiger partial charge in [-0.2, -0.15) is 0 Å². The molecule has 2 heterocycles. The van der Waals surface area contributed by atoms with Crippen LogP contribution in [-0.2, 0) is 17.9 Å². The van der Waals surface area contributed by atoms with Gasteiger partial charge in [0.25, 0.3) is 5.91 Å². The molecule has 0 spiro atoms. The Morgan fingerprint density at radius 3 is 2.29 bits per heavy atom. The molecule has 2 aromatic carbocycles. The molecule has 0 unspecified atom stereocenters. The second-order valence-corrected chi connectivity index (χ2v) is 8.00. The van der Waals surface area contributed by atoms with E-state index in [1.807, 2.05) is 72.8 Å². The average Bonchev–Trinajstić information content (AvgIpc) is 3.26. The number of thioether (sulfide) groups is 1. The number of halogens is 1. The number of nitrogens with zero attached hydrogens (tertiary/aromatic N) is 2. The molecule has 1 aromatic heterocycles. The van der Waals surface area contributed by atoms with E-state index in [1.165, 1.54) is 11.8 Å². The fraction of sp³-hybridized carbons (Fsp3) is 0.0909. The lowest BCUT2D eigenvalue weighted by Gasteiger charge is -2.15. The van der Waals surface area contributed by atoms with E-state index in [1.54, 1.807) is 11.0 Å². The van der Waals surface area contributed by atoms with Gasteiger partial charge in [-0.1, -0.05) is 60.7 Å². The van der Waals surface area contributed by atoms with Crippen LogP contribution in [0.3, 0.4) is 0 Å². The van der Waals surface area contributed by atoms with Gasteiger partial charge in [0.2, 0.25) is 0 Å². The highest BCUT2D eigenvalue weighted by Crippen LogP contribution is 2.34. The van der Waals surface area contributed by atoms with Gasteiger partial charge in [-0.3, -0.25) is 14.7 Å². The van der Waals surface area contributed by atoms with Crippen molar-refractivity contribution in [1.82, 2.24) is 4.90 Å². The molecule has 4 rings (SSSR count). The molecule has 0 radical (unpaired) electrons. The minimum absolute atomic E-state index is 0.0619. The van der Waals surface area contributed by atoms with Gasteiger partial charge in [0.1, 0.15) is 5.76 Å². The van der Waals surface area contributed by atoms with Gasteiger partial charge in [-0.25, -0.2) is 0 Å². The average molecular weight is 453 g/mol. The number of amides is 1. The highest BCUT2D eigenvalue weighted by atomic mass is 79.9. The van der Waals surface area contributed by atoms with E-state index < -0.39 is 0 Å². The first kappa shape index (κ1) is 18.8. The van der Waals surface area contributed by atoms with Gasteiger partial charge < -0.3 is 4.42 Å². The molecular formula is C22H17BrN2O2S. The van der Waals surface area contributed by atoms with Crippen LogP contribution in [0.4, 0.5) is 0 Å². The number of hydrogen-bond donors (Lipinski definition) is 0. The molecule has 1 amide bonds. The number of amidine groups is 1. The summed E-state index contributed by atoms with van der Waals surface area (Å²) in [7, 11) is 0. The lowest BCUT2D eigenvalue weighted by atomic mass is 10.2. The Morgan fingerprint density at radius 2 is 1.64 bits per heavy atom. The van der Waals surface area contributed by atoms with Crippen LogP contribution in [-0.4, -0.2) is 16.0 Å². The Bertz CT molecular complexity index is 1030. The van der Waals surface area contributed by atoms with E-state index >= 15 is 0 Å². The summed E-state index contributed by atoms with van der Waals surface area (Å²) < 4.78 is 6.16. The van der Waals surface area contributed by atoms with Gasteiger partial charge in [0, 0.05) is 6.08 Å². The second-order valence-electron chi connectivity index (χ2n) is 6.21. The van der Waals surface area contributed by atoms with Crippen molar-refractivity contribution in [3.05, 3.63) is 99.3 Å². The molecule has 6 heteroatoms. The van der Waals surface area contributed by atoms with Crippen LogP contribution in [0.2, 0.25) is 0 Å². The molecule has 1 fully saturated rings. The summed E-state index contributed by atoms with van der Waals surface area (Å²) in [5, 5.41) is 0.703. The minimum atomic E-state index is -0.0619. The van der Waals surface area contributed by atoms with E-state index in [0.29, 0.717) is 33.6 Å². The largest absolute Gasteiger partial charge is 0.450 e. The Kier molecular flexibility index (Phi) is 5.78. The van der Waals surface area contributed by atoms with Crippen LogP contribution in [0.25, 0.3) is 6.08 Å². The van der Waals surface area contributed by atoms with Crippen LogP contribution in [0, 0.1) is 0 Å². The smallest absolute Gasteiger partial charge is 0.267 e. The monoisotopic (exact) mass is 452 g/mol. The molecule has 140 valence electrons. The Hall–Kier alpha value is -2.57. The number of benzene rings is 2. The minimum Gasteiger partial charge on any atom is -0.450 e. The Labute approximate surface area is 176 Å². The number of hydrogen-bond acceptors (Lipinski definition) is 4.